The van der Waals surface area contributed by atoms with Gasteiger partial charge >= 0.3 is 0 Å². The van der Waals surface area contributed by atoms with E-state index in [0.29, 0.717) is 30.0 Å². The zero-order valence-corrected chi connectivity index (χ0v) is 20.4. The third kappa shape index (κ3) is 4.53. The van der Waals surface area contributed by atoms with E-state index in [2.05, 4.69) is 30.6 Å². The van der Waals surface area contributed by atoms with E-state index in [9.17, 15) is 9.18 Å². The van der Waals surface area contributed by atoms with Gasteiger partial charge in [-0.2, -0.15) is 10.2 Å². The predicted molar refractivity (Wildman–Crippen MR) is 140 cm³/mol. The molecule has 2 aromatic heterocycles. The Kier molecular flexibility index (Phi) is 6.05. The SMILES string of the molecule is COc1cccc(F)c1CN1CCC[C@@H](NC(=O)c2ccc3[nH]nc(-c4ccc5cn[nH]c5c4)c3c2)C1. The number of nitrogens with one attached hydrogen (secondary N) is 3. The number of carbonyl (C=O) groups is 1. The summed E-state index contributed by atoms with van der Waals surface area (Å²) in [6, 6.07) is 16.4. The highest BCUT2D eigenvalue weighted by Crippen LogP contribution is 2.29. The quantitative estimate of drug-likeness (QED) is 0.317. The number of methoxy groups -OCH3 is 1. The molecule has 1 aliphatic heterocycles. The molecule has 0 bridgehead atoms. The number of piperidine rings is 1. The number of hydrogen-bond acceptors (Lipinski definition) is 5. The molecule has 1 fully saturated rings. The van der Waals surface area contributed by atoms with E-state index >= 15 is 0 Å². The zero-order chi connectivity index (χ0) is 25.4. The van der Waals surface area contributed by atoms with E-state index in [0.717, 1.165) is 52.4 Å². The van der Waals surface area contributed by atoms with Crippen LogP contribution in [0.1, 0.15) is 28.8 Å². The van der Waals surface area contributed by atoms with Gasteiger partial charge in [0.15, 0.2) is 0 Å². The Morgan fingerprint density at radius 2 is 2.08 bits per heavy atom. The number of ether oxygens (including phenoxy) is 1. The first-order valence-corrected chi connectivity index (χ1v) is 12.4. The maximum atomic E-state index is 14.4. The largest absolute Gasteiger partial charge is 0.496 e. The summed E-state index contributed by atoms with van der Waals surface area (Å²) in [4.78, 5) is 15.4. The molecule has 3 heterocycles. The minimum atomic E-state index is -0.276. The van der Waals surface area contributed by atoms with Gasteiger partial charge in [-0.3, -0.25) is 19.9 Å². The first-order valence-electron chi connectivity index (χ1n) is 12.4. The molecule has 5 aromatic rings. The molecule has 3 N–H and O–H groups in total. The van der Waals surface area contributed by atoms with E-state index in [4.69, 9.17) is 4.74 Å². The normalized spacial score (nSPS) is 16.3. The van der Waals surface area contributed by atoms with Gasteiger partial charge in [0.2, 0.25) is 0 Å². The molecule has 6 rings (SSSR count). The fraction of sp³-hybridized carbons (Fsp3) is 0.250. The minimum Gasteiger partial charge on any atom is -0.496 e. The van der Waals surface area contributed by atoms with Crippen molar-refractivity contribution in [3.8, 4) is 17.0 Å². The topological polar surface area (TPSA) is 98.9 Å². The van der Waals surface area contributed by atoms with Gasteiger partial charge < -0.3 is 10.1 Å². The number of carbonyl (C=O) groups excluding carboxylic acids is 1. The maximum Gasteiger partial charge on any atom is 0.251 e. The first-order chi connectivity index (χ1) is 18.1. The van der Waals surface area contributed by atoms with Gasteiger partial charge in [-0.1, -0.05) is 18.2 Å². The van der Waals surface area contributed by atoms with Crippen molar-refractivity contribution in [2.75, 3.05) is 20.2 Å². The number of halogens is 1. The van der Waals surface area contributed by atoms with Gasteiger partial charge in [0.05, 0.1) is 30.0 Å². The molecule has 0 aliphatic carbocycles. The lowest BCUT2D eigenvalue weighted by Gasteiger charge is -2.33. The molecule has 1 atom stereocenters. The van der Waals surface area contributed by atoms with E-state index in [1.807, 2.05) is 36.4 Å². The molecule has 188 valence electrons. The average Bonchev–Trinajstić information content (AvgIpc) is 3.56. The maximum absolute atomic E-state index is 14.4. The molecule has 0 radical (unpaired) electrons. The van der Waals surface area contributed by atoms with Crippen molar-refractivity contribution in [2.45, 2.75) is 25.4 Å². The summed E-state index contributed by atoms with van der Waals surface area (Å²) >= 11 is 0. The summed E-state index contributed by atoms with van der Waals surface area (Å²) in [6.07, 6.45) is 3.58. The minimum absolute atomic E-state index is 0.0266. The Hall–Kier alpha value is -4.24. The van der Waals surface area contributed by atoms with Crippen LogP contribution in [0.4, 0.5) is 4.39 Å². The van der Waals surface area contributed by atoms with Crippen LogP contribution < -0.4 is 10.1 Å². The molecule has 1 amide bonds. The van der Waals surface area contributed by atoms with Crippen molar-refractivity contribution < 1.29 is 13.9 Å². The highest BCUT2D eigenvalue weighted by molar-refractivity contribution is 6.02. The van der Waals surface area contributed by atoms with Crippen LogP contribution in [0.25, 0.3) is 33.1 Å². The molecule has 8 nitrogen and oxygen atoms in total. The fourth-order valence-corrected chi connectivity index (χ4v) is 5.15. The molecular formula is C28H27FN6O2. The second-order valence-electron chi connectivity index (χ2n) is 9.47. The third-order valence-electron chi connectivity index (χ3n) is 7.06. The Balaban J connectivity index is 1.19. The van der Waals surface area contributed by atoms with Crippen molar-refractivity contribution in [3.63, 3.8) is 0 Å². The molecule has 0 unspecified atom stereocenters. The summed E-state index contributed by atoms with van der Waals surface area (Å²) in [5, 5.41) is 19.7. The van der Waals surface area contributed by atoms with Crippen LogP contribution in [0, 0.1) is 5.82 Å². The average molecular weight is 499 g/mol. The monoisotopic (exact) mass is 498 g/mol. The number of amides is 1. The van der Waals surface area contributed by atoms with Crippen LogP contribution in [0.3, 0.4) is 0 Å². The van der Waals surface area contributed by atoms with Gasteiger partial charge in [0.25, 0.3) is 5.91 Å². The first kappa shape index (κ1) is 23.2. The number of aromatic nitrogens is 4. The van der Waals surface area contributed by atoms with Gasteiger partial charge in [-0.15, -0.1) is 0 Å². The smallest absolute Gasteiger partial charge is 0.251 e. The summed E-state index contributed by atoms with van der Waals surface area (Å²) in [5.41, 5.74) is 4.63. The molecule has 1 saturated heterocycles. The van der Waals surface area contributed by atoms with E-state index in [1.165, 1.54) is 6.07 Å². The van der Waals surface area contributed by atoms with Crippen molar-refractivity contribution >= 4 is 27.7 Å². The van der Waals surface area contributed by atoms with Crippen molar-refractivity contribution in [2.24, 2.45) is 0 Å². The van der Waals surface area contributed by atoms with Crippen molar-refractivity contribution in [1.82, 2.24) is 30.6 Å². The predicted octanol–water partition coefficient (Wildman–Crippen LogP) is 4.65. The van der Waals surface area contributed by atoms with Crippen LogP contribution in [0.2, 0.25) is 0 Å². The Bertz CT molecular complexity index is 1590. The lowest BCUT2D eigenvalue weighted by molar-refractivity contribution is 0.0899. The van der Waals surface area contributed by atoms with Crippen molar-refractivity contribution in [1.29, 1.82) is 0 Å². The summed E-state index contributed by atoms with van der Waals surface area (Å²) in [7, 11) is 1.55. The molecule has 0 spiro atoms. The Labute approximate surface area is 212 Å². The Morgan fingerprint density at radius 3 is 2.97 bits per heavy atom. The lowest BCUT2D eigenvalue weighted by Crippen LogP contribution is -2.47. The number of H-pyrrole nitrogens is 2. The van der Waals surface area contributed by atoms with Gasteiger partial charge in [0, 0.05) is 46.6 Å². The number of nitrogens with zero attached hydrogens (tertiary/aromatic N) is 3. The second kappa shape index (κ2) is 9.67. The van der Waals surface area contributed by atoms with Gasteiger partial charge in [0.1, 0.15) is 11.6 Å². The summed E-state index contributed by atoms with van der Waals surface area (Å²) < 4.78 is 19.8. The molecule has 37 heavy (non-hydrogen) atoms. The molecule has 0 saturated carbocycles. The lowest BCUT2D eigenvalue weighted by atomic mass is 10.0. The standard InChI is InChI=1S/C28H27FN6O2/c1-37-26-6-2-5-23(29)22(26)16-35-11-3-4-20(15-35)31-28(36)18-9-10-24-21(12-18)27(34-33-24)17-7-8-19-14-30-32-25(19)13-17/h2,5-10,12-14,20H,3-4,11,15-16H2,1H3,(H,30,32)(H,31,36)(H,33,34)/t20-/m1/s1. The zero-order valence-electron chi connectivity index (χ0n) is 20.4. The van der Waals surface area contributed by atoms with Crippen LogP contribution in [-0.4, -0.2) is 57.4 Å². The number of aromatic amines is 2. The highest BCUT2D eigenvalue weighted by atomic mass is 19.1. The van der Waals surface area contributed by atoms with Gasteiger partial charge in [-0.05, 0) is 55.8 Å². The number of fused-ring (bicyclic) bond motifs is 2. The summed E-state index contributed by atoms with van der Waals surface area (Å²) in [5.74, 6) is 0.136. The number of likely N-dealkylation sites (tertiary alicyclic amines) is 1. The van der Waals surface area contributed by atoms with Crippen LogP contribution >= 0.6 is 0 Å². The van der Waals surface area contributed by atoms with Gasteiger partial charge in [-0.25, -0.2) is 4.39 Å². The fourth-order valence-electron chi connectivity index (χ4n) is 5.15. The molecule has 9 heteroatoms. The second-order valence-corrected chi connectivity index (χ2v) is 9.47. The van der Waals surface area contributed by atoms with E-state index in [-0.39, 0.29) is 17.8 Å². The third-order valence-corrected chi connectivity index (χ3v) is 7.06. The van der Waals surface area contributed by atoms with Crippen LogP contribution in [0.15, 0.2) is 60.8 Å². The van der Waals surface area contributed by atoms with E-state index in [1.54, 1.807) is 25.4 Å². The van der Waals surface area contributed by atoms with Crippen molar-refractivity contribution in [3.05, 3.63) is 77.7 Å². The van der Waals surface area contributed by atoms with E-state index < -0.39 is 0 Å². The molecule has 3 aromatic carbocycles. The molecule has 1 aliphatic rings. The number of rotatable bonds is 6. The van der Waals surface area contributed by atoms with Crippen LogP contribution in [0.5, 0.6) is 5.75 Å². The number of hydrogen-bond donors (Lipinski definition) is 3. The Morgan fingerprint density at radius 1 is 1.16 bits per heavy atom. The number of benzene rings is 3. The highest BCUT2D eigenvalue weighted by Gasteiger charge is 2.24. The van der Waals surface area contributed by atoms with Crippen LogP contribution in [-0.2, 0) is 6.54 Å². The molecular weight excluding hydrogens is 471 g/mol. The summed E-state index contributed by atoms with van der Waals surface area (Å²) in [6.45, 7) is 1.93.